The fourth-order valence-corrected chi connectivity index (χ4v) is 2.41. The molecule has 0 amide bonds. The van der Waals surface area contributed by atoms with Gasteiger partial charge in [0.1, 0.15) is 0 Å². The molecule has 116 valence electrons. The number of benzene rings is 1. The Morgan fingerprint density at radius 3 is 2.45 bits per heavy atom. The van der Waals surface area contributed by atoms with Gasteiger partial charge in [-0.05, 0) is 17.7 Å². The van der Waals surface area contributed by atoms with Gasteiger partial charge in [0.25, 0.3) is 0 Å². The summed E-state index contributed by atoms with van der Waals surface area (Å²) in [6, 6.07) is 8.78. The van der Waals surface area contributed by atoms with Gasteiger partial charge in [-0.15, -0.1) is 4.99 Å². The van der Waals surface area contributed by atoms with E-state index in [1.54, 1.807) is 35.0 Å². The molecule has 0 spiro atoms. The third-order valence-electron chi connectivity index (χ3n) is 3.09. The van der Waals surface area contributed by atoms with Gasteiger partial charge in [-0.25, -0.2) is 13.7 Å². The first-order chi connectivity index (χ1) is 10.3. The van der Waals surface area contributed by atoms with Gasteiger partial charge in [0, 0.05) is 11.5 Å². The summed E-state index contributed by atoms with van der Waals surface area (Å²) in [6.45, 7) is 6.06. The molecule has 1 N–H and O–H groups in total. The van der Waals surface area contributed by atoms with E-state index in [0.717, 1.165) is 16.9 Å². The van der Waals surface area contributed by atoms with Crippen LogP contribution in [0.4, 0.5) is 5.82 Å². The van der Waals surface area contributed by atoms with Crippen LogP contribution >= 0.6 is 0 Å². The van der Waals surface area contributed by atoms with E-state index in [4.69, 9.17) is 4.55 Å². The molecular weight excluding hydrogens is 302 g/mol. The fourth-order valence-electron chi connectivity index (χ4n) is 1.93. The molecule has 0 saturated carbocycles. The Kier molecular flexibility index (Phi) is 4.71. The highest BCUT2D eigenvalue weighted by Gasteiger charge is 2.20. The van der Waals surface area contributed by atoms with Crippen LogP contribution in [0.25, 0.3) is 5.69 Å². The predicted octanol–water partition coefficient (Wildman–Crippen LogP) is 2.86. The van der Waals surface area contributed by atoms with Crippen LogP contribution in [0, 0.1) is 0 Å². The average Bonchev–Trinajstić information content (AvgIpc) is 2.83. The third kappa shape index (κ3) is 3.76. The number of hydrogen-bond donors (Lipinski definition) is 1. The molecule has 0 aliphatic heterocycles. The lowest BCUT2D eigenvalue weighted by Gasteiger charge is -2.14. The van der Waals surface area contributed by atoms with Crippen LogP contribution < -0.4 is 0 Å². The largest absolute Gasteiger partial charge is 0.306 e. The van der Waals surface area contributed by atoms with Crippen molar-refractivity contribution in [1.29, 1.82) is 0 Å². The van der Waals surface area contributed by atoms with Gasteiger partial charge >= 0.3 is 0 Å². The molecular formula is C15H17N3O3S. The Morgan fingerprint density at radius 2 is 1.95 bits per heavy atom. The summed E-state index contributed by atoms with van der Waals surface area (Å²) >= 11 is -1.88. The fraction of sp³-hybridized carbons (Fsp3) is 0.333. The zero-order valence-corrected chi connectivity index (χ0v) is 13.4. The summed E-state index contributed by atoms with van der Waals surface area (Å²) in [7, 11) is 0. The number of nitrogens with zero attached hydrogens (tertiary/aromatic N) is 3. The quantitative estimate of drug-likeness (QED) is 0.533. The lowest BCUT2D eigenvalue weighted by molar-refractivity contribution is 0.559. The highest BCUT2D eigenvalue weighted by Crippen LogP contribution is 2.27. The van der Waals surface area contributed by atoms with E-state index < -0.39 is 11.1 Å². The Bertz CT molecular complexity index is 738. The van der Waals surface area contributed by atoms with Gasteiger partial charge in [-0.3, -0.25) is 0 Å². The van der Waals surface area contributed by atoms with E-state index in [-0.39, 0.29) is 11.2 Å². The van der Waals surface area contributed by atoms with Crippen LogP contribution in [0.2, 0.25) is 0 Å². The van der Waals surface area contributed by atoms with Crippen molar-refractivity contribution in [2.24, 2.45) is 4.99 Å². The maximum atomic E-state index is 10.8. The second-order valence-corrected chi connectivity index (χ2v) is 6.82. The number of aliphatic imine (C=N–C) groups is 1. The Balaban J connectivity index is 2.44. The maximum Gasteiger partial charge on any atom is 0.242 e. The summed E-state index contributed by atoms with van der Waals surface area (Å²) in [6.07, 6.45) is 1.54. The van der Waals surface area contributed by atoms with E-state index in [0.29, 0.717) is 5.82 Å². The molecule has 1 unspecified atom stereocenters. The number of hydrogen-bond acceptors (Lipinski definition) is 4. The van der Waals surface area contributed by atoms with Crippen molar-refractivity contribution in [3.05, 3.63) is 41.6 Å². The number of carbonyl (C=O) groups excluding carboxylic acids is 1. The summed E-state index contributed by atoms with van der Waals surface area (Å²) < 4.78 is 21.3. The molecule has 1 heterocycles. The highest BCUT2D eigenvalue weighted by molar-refractivity contribution is 7.78. The van der Waals surface area contributed by atoms with Gasteiger partial charge < -0.3 is 4.55 Å². The molecule has 0 saturated heterocycles. The van der Waals surface area contributed by atoms with E-state index in [2.05, 4.69) is 10.1 Å². The SMILES string of the molecule is CC(C)(C)c1cc(N=C=O)n(-c2ccc(CS(=O)O)cc2)n1. The topological polar surface area (TPSA) is 84.5 Å². The van der Waals surface area contributed by atoms with Crippen molar-refractivity contribution in [3.63, 3.8) is 0 Å². The van der Waals surface area contributed by atoms with Gasteiger partial charge in [0.15, 0.2) is 16.9 Å². The molecule has 0 bridgehead atoms. The molecule has 0 fully saturated rings. The summed E-state index contributed by atoms with van der Waals surface area (Å²) in [4.78, 5) is 14.3. The van der Waals surface area contributed by atoms with Crippen LogP contribution in [0.15, 0.2) is 35.3 Å². The van der Waals surface area contributed by atoms with Crippen LogP contribution in [0.5, 0.6) is 0 Å². The van der Waals surface area contributed by atoms with Crippen molar-refractivity contribution in [1.82, 2.24) is 9.78 Å². The van der Waals surface area contributed by atoms with E-state index in [1.807, 2.05) is 20.8 Å². The smallest absolute Gasteiger partial charge is 0.242 e. The minimum Gasteiger partial charge on any atom is -0.306 e. The summed E-state index contributed by atoms with van der Waals surface area (Å²) in [5, 5.41) is 4.50. The van der Waals surface area contributed by atoms with Crippen LogP contribution in [0.1, 0.15) is 32.0 Å². The number of aromatic nitrogens is 2. The molecule has 6 nitrogen and oxygen atoms in total. The molecule has 7 heteroatoms. The van der Waals surface area contributed by atoms with Gasteiger partial charge in [-0.1, -0.05) is 32.9 Å². The average molecular weight is 319 g/mol. The molecule has 0 aliphatic carbocycles. The lowest BCUT2D eigenvalue weighted by Crippen LogP contribution is -2.12. The Morgan fingerprint density at radius 1 is 1.32 bits per heavy atom. The van der Waals surface area contributed by atoms with Crippen molar-refractivity contribution in [2.45, 2.75) is 31.9 Å². The lowest BCUT2D eigenvalue weighted by atomic mass is 9.92. The van der Waals surface area contributed by atoms with E-state index in [9.17, 15) is 9.00 Å². The molecule has 2 aromatic rings. The molecule has 1 aromatic heterocycles. The first-order valence-electron chi connectivity index (χ1n) is 6.66. The Labute approximate surface area is 131 Å². The van der Waals surface area contributed by atoms with Crippen molar-refractivity contribution in [3.8, 4) is 5.69 Å². The van der Waals surface area contributed by atoms with Crippen molar-refractivity contribution in [2.75, 3.05) is 0 Å². The van der Waals surface area contributed by atoms with Gasteiger partial charge in [0.05, 0.1) is 17.1 Å². The monoisotopic (exact) mass is 319 g/mol. The van der Waals surface area contributed by atoms with Crippen molar-refractivity contribution < 1.29 is 13.6 Å². The molecule has 1 aromatic carbocycles. The van der Waals surface area contributed by atoms with Crippen LogP contribution in [-0.2, 0) is 27.0 Å². The van der Waals surface area contributed by atoms with Gasteiger partial charge in [-0.2, -0.15) is 5.10 Å². The maximum absolute atomic E-state index is 10.8. The standard InChI is InChI=1S/C15H17N3O3S/c1-15(2,3)13-8-14(16-10-19)18(17-13)12-6-4-11(5-7-12)9-22(20)21/h4-8H,9H2,1-3H3,(H,20,21). The van der Waals surface area contributed by atoms with Crippen molar-refractivity contribution >= 4 is 23.0 Å². The zero-order chi connectivity index (χ0) is 16.3. The molecule has 0 aliphatic rings. The molecule has 22 heavy (non-hydrogen) atoms. The molecule has 1 atom stereocenters. The van der Waals surface area contributed by atoms with Crippen LogP contribution in [0.3, 0.4) is 0 Å². The third-order valence-corrected chi connectivity index (χ3v) is 3.67. The van der Waals surface area contributed by atoms with Gasteiger partial charge in [0.2, 0.25) is 6.08 Å². The number of isocyanates is 1. The van der Waals surface area contributed by atoms with Crippen LogP contribution in [-0.4, -0.2) is 24.6 Å². The molecule has 0 radical (unpaired) electrons. The van der Waals surface area contributed by atoms with E-state index >= 15 is 0 Å². The second kappa shape index (κ2) is 6.36. The Hall–Kier alpha value is -2.08. The zero-order valence-electron chi connectivity index (χ0n) is 12.6. The normalized spacial score (nSPS) is 12.7. The first kappa shape index (κ1) is 16.3. The second-order valence-electron chi connectivity index (χ2n) is 5.88. The minimum atomic E-state index is -1.88. The highest BCUT2D eigenvalue weighted by atomic mass is 32.2. The number of rotatable bonds is 4. The molecule has 2 rings (SSSR count). The summed E-state index contributed by atoms with van der Waals surface area (Å²) in [5.74, 6) is 0.477. The minimum absolute atomic E-state index is 0.0754. The summed E-state index contributed by atoms with van der Waals surface area (Å²) in [5.41, 5.74) is 2.10. The first-order valence-corrected chi connectivity index (χ1v) is 7.94. The van der Waals surface area contributed by atoms with E-state index in [1.165, 1.54) is 6.08 Å². The predicted molar refractivity (Wildman–Crippen MR) is 84.5 cm³/mol.